The second-order valence-corrected chi connectivity index (χ2v) is 7.81. The predicted octanol–water partition coefficient (Wildman–Crippen LogP) is 3.23. The van der Waals surface area contributed by atoms with Crippen LogP contribution in [0.1, 0.15) is 0 Å². The van der Waals surface area contributed by atoms with Gasteiger partial charge in [0.05, 0.1) is 12.0 Å². The third kappa shape index (κ3) is 4.32. The standard InChI is InChI=1S/C23H24N6O5/c1-32-18-5-3-17(4-6-18)27-8-10-28(11-9-27)23-21(29(30)31)22(24-15-25-23)26-16-2-7-19-20(14-16)34-13-12-33-19/h2-7,14-15H,8-13H2,1H3,(H,24,25,26). The first-order valence-electron chi connectivity index (χ1n) is 10.9. The lowest BCUT2D eigenvalue weighted by Gasteiger charge is -2.36. The van der Waals surface area contributed by atoms with Crippen molar-refractivity contribution in [3.8, 4) is 17.2 Å². The number of nitro groups is 1. The molecule has 34 heavy (non-hydrogen) atoms. The van der Waals surface area contributed by atoms with Gasteiger partial charge in [0.1, 0.15) is 25.3 Å². The number of hydrogen-bond acceptors (Lipinski definition) is 10. The van der Waals surface area contributed by atoms with Gasteiger partial charge in [0.15, 0.2) is 11.5 Å². The van der Waals surface area contributed by atoms with Crippen molar-refractivity contribution in [1.29, 1.82) is 0 Å². The van der Waals surface area contributed by atoms with Crippen LogP contribution in [0, 0.1) is 10.1 Å². The van der Waals surface area contributed by atoms with Gasteiger partial charge >= 0.3 is 5.69 Å². The van der Waals surface area contributed by atoms with E-state index in [1.165, 1.54) is 6.33 Å². The molecule has 11 nitrogen and oxygen atoms in total. The van der Waals surface area contributed by atoms with E-state index in [2.05, 4.69) is 20.2 Å². The summed E-state index contributed by atoms with van der Waals surface area (Å²) in [6.07, 6.45) is 1.35. The highest BCUT2D eigenvalue weighted by Crippen LogP contribution is 2.37. The number of nitrogens with one attached hydrogen (secondary N) is 1. The number of benzene rings is 2. The van der Waals surface area contributed by atoms with E-state index in [1.807, 2.05) is 29.2 Å². The van der Waals surface area contributed by atoms with Gasteiger partial charge in [-0.3, -0.25) is 10.1 Å². The van der Waals surface area contributed by atoms with Gasteiger partial charge in [-0.1, -0.05) is 0 Å². The maximum Gasteiger partial charge on any atom is 0.353 e. The molecule has 5 rings (SSSR count). The van der Waals surface area contributed by atoms with Gasteiger partial charge in [0.25, 0.3) is 0 Å². The summed E-state index contributed by atoms with van der Waals surface area (Å²) >= 11 is 0. The molecule has 1 saturated heterocycles. The van der Waals surface area contributed by atoms with Crippen LogP contribution in [0.15, 0.2) is 48.8 Å². The van der Waals surface area contributed by atoms with Crippen molar-refractivity contribution in [1.82, 2.24) is 9.97 Å². The minimum Gasteiger partial charge on any atom is -0.497 e. The van der Waals surface area contributed by atoms with Gasteiger partial charge in [0.2, 0.25) is 11.6 Å². The Bertz CT molecular complexity index is 1180. The Morgan fingerprint density at radius 1 is 0.971 bits per heavy atom. The molecule has 1 aromatic heterocycles. The summed E-state index contributed by atoms with van der Waals surface area (Å²) in [6.45, 7) is 3.54. The van der Waals surface area contributed by atoms with Crippen LogP contribution in [-0.2, 0) is 0 Å². The van der Waals surface area contributed by atoms with E-state index >= 15 is 0 Å². The first-order chi connectivity index (χ1) is 16.6. The molecule has 0 radical (unpaired) electrons. The van der Waals surface area contributed by atoms with Crippen molar-refractivity contribution in [2.75, 3.05) is 61.6 Å². The molecule has 0 spiro atoms. The number of anilines is 4. The zero-order chi connectivity index (χ0) is 23.5. The molecule has 0 aliphatic carbocycles. The monoisotopic (exact) mass is 464 g/mol. The summed E-state index contributed by atoms with van der Waals surface area (Å²) in [4.78, 5) is 24.2. The Hall–Kier alpha value is -4.28. The topological polar surface area (TPSA) is 115 Å². The maximum atomic E-state index is 12.0. The molecule has 2 aliphatic rings. The summed E-state index contributed by atoms with van der Waals surface area (Å²) < 4.78 is 16.4. The smallest absolute Gasteiger partial charge is 0.353 e. The van der Waals surface area contributed by atoms with Gasteiger partial charge in [-0.15, -0.1) is 0 Å². The van der Waals surface area contributed by atoms with Crippen LogP contribution in [0.2, 0.25) is 0 Å². The largest absolute Gasteiger partial charge is 0.497 e. The number of nitrogens with zero attached hydrogens (tertiary/aromatic N) is 5. The highest BCUT2D eigenvalue weighted by atomic mass is 16.6. The van der Waals surface area contributed by atoms with Crippen LogP contribution >= 0.6 is 0 Å². The Morgan fingerprint density at radius 3 is 2.38 bits per heavy atom. The van der Waals surface area contributed by atoms with Gasteiger partial charge in [-0.05, 0) is 36.4 Å². The second kappa shape index (κ2) is 9.30. The van der Waals surface area contributed by atoms with E-state index < -0.39 is 4.92 Å². The van der Waals surface area contributed by atoms with E-state index in [0.29, 0.717) is 62.4 Å². The molecule has 2 aliphatic heterocycles. The van der Waals surface area contributed by atoms with Crippen LogP contribution in [-0.4, -0.2) is 61.4 Å². The molecule has 3 heterocycles. The summed E-state index contributed by atoms with van der Waals surface area (Å²) in [5.74, 6) is 2.46. The molecule has 0 saturated carbocycles. The maximum absolute atomic E-state index is 12.0. The lowest BCUT2D eigenvalue weighted by molar-refractivity contribution is -0.383. The zero-order valence-electron chi connectivity index (χ0n) is 18.6. The number of methoxy groups -OCH3 is 1. The molecular weight excluding hydrogens is 440 g/mol. The van der Waals surface area contributed by atoms with Gasteiger partial charge in [-0.2, -0.15) is 0 Å². The predicted molar refractivity (Wildman–Crippen MR) is 127 cm³/mol. The second-order valence-electron chi connectivity index (χ2n) is 7.81. The minimum absolute atomic E-state index is 0.129. The fourth-order valence-electron chi connectivity index (χ4n) is 4.09. The number of fused-ring (bicyclic) bond motifs is 1. The lowest BCUT2D eigenvalue weighted by atomic mass is 10.2. The Labute approximate surface area is 196 Å². The van der Waals surface area contributed by atoms with Gasteiger partial charge in [-0.25, -0.2) is 9.97 Å². The average Bonchev–Trinajstić information content (AvgIpc) is 2.88. The normalized spacial score (nSPS) is 15.1. The van der Waals surface area contributed by atoms with Crippen molar-refractivity contribution < 1.29 is 19.1 Å². The van der Waals surface area contributed by atoms with Crippen LogP contribution in [0.4, 0.5) is 28.7 Å². The van der Waals surface area contributed by atoms with Crippen LogP contribution in [0.25, 0.3) is 0 Å². The molecule has 0 amide bonds. The number of ether oxygens (including phenoxy) is 3. The van der Waals surface area contributed by atoms with Gasteiger partial charge in [0, 0.05) is 43.6 Å². The van der Waals surface area contributed by atoms with Crippen molar-refractivity contribution in [3.63, 3.8) is 0 Å². The molecule has 0 unspecified atom stereocenters. The zero-order valence-corrected chi connectivity index (χ0v) is 18.6. The lowest BCUT2D eigenvalue weighted by Crippen LogP contribution is -2.47. The molecule has 11 heteroatoms. The third-order valence-corrected chi connectivity index (χ3v) is 5.81. The van der Waals surface area contributed by atoms with E-state index in [9.17, 15) is 10.1 Å². The number of aromatic nitrogens is 2. The fourth-order valence-corrected chi connectivity index (χ4v) is 4.09. The van der Waals surface area contributed by atoms with Crippen molar-refractivity contribution in [3.05, 3.63) is 58.9 Å². The number of rotatable bonds is 6. The molecule has 2 aromatic carbocycles. The SMILES string of the molecule is COc1ccc(N2CCN(c3ncnc(Nc4ccc5c(c4)OCCO5)c3[N+](=O)[O-])CC2)cc1. The van der Waals surface area contributed by atoms with Gasteiger partial charge < -0.3 is 29.3 Å². The van der Waals surface area contributed by atoms with Crippen molar-refractivity contribution >= 4 is 28.7 Å². The Balaban J connectivity index is 1.34. The molecule has 3 aromatic rings. The fraction of sp³-hybridized carbons (Fsp3) is 0.304. The highest BCUT2D eigenvalue weighted by Gasteiger charge is 2.29. The number of piperazine rings is 1. The average molecular weight is 464 g/mol. The van der Waals surface area contributed by atoms with E-state index in [1.54, 1.807) is 25.3 Å². The molecule has 1 fully saturated rings. The molecule has 0 atom stereocenters. The summed E-state index contributed by atoms with van der Waals surface area (Å²) in [5.41, 5.74) is 1.54. The summed E-state index contributed by atoms with van der Waals surface area (Å²) in [7, 11) is 1.64. The minimum atomic E-state index is -0.439. The Morgan fingerprint density at radius 2 is 1.68 bits per heavy atom. The van der Waals surface area contributed by atoms with Crippen molar-refractivity contribution in [2.24, 2.45) is 0 Å². The van der Waals surface area contributed by atoms with Crippen LogP contribution < -0.4 is 29.3 Å². The first kappa shape index (κ1) is 21.6. The van der Waals surface area contributed by atoms with E-state index in [0.717, 1.165) is 11.4 Å². The van der Waals surface area contributed by atoms with E-state index in [4.69, 9.17) is 14.2 Å². The molecule has 176 valence electrons. The molecule has 1 N–H and O–H groups in total. The summed E-state index contributed by atoms with van der Waals surface area (Å²) in [6, 6.07) is 13.1. The van der Waals surface area contributed by atoms with Crippen LogP contribution in [0.5, 0.6) is 17.2 Å². The molecular formula is C23H24N6O5. The first-order valence-corrected chi connectivity index (χ1v) is 10.9. The van der Waals surface area contributed by atoms with Crippen molar-refractivity contribution in [2.45, 2.75) is 0 Å². The quantitative estimate of drug-likeness (QED) is 0.431. The van der Waals surface area contributed by atoms with Crippen LogP contribution in [0.3, 0.4) is 0 Å². The molecule has 0 bridgehead atoms. The Kier molecular flexibility index (Phi) is 5.90. The highest BCUT2D eigenvalue weighted by molar-refractivity contribution is 5.75. The van der Waals surface area contributed by atoms with E-state index in [-0.39, 0.29) is 11.5 Å². The third-order valence-electron chi connectivity index (χ3n) is 5.81. The number of hydrogen-bond donors (Lipinski definition) is 1. The summed E-state index contributed by atoms with van der Waals surface area (Å²) in [5, 5.41) is 15.1.